The van der Waals surface area contributed by atoms with Crippen molar-refractivity contribution in [2.24, 2.45) is 0 Å². The van der Waals surface area contributed by atoms with Gasteiger partial charge in [-0.1, -0.05) is 18.2 Å². The highest BCUT2D eigenvalue weighted by Crippen LogP contribution is 2.29. The van der Waals surface area contributed by atoms with Crippen molar-refractivity contribution in [3.63, 3.8) is 0 Å². The van der Waals surface area contributed by atoms with Gasteiger partial charge in [0.15, 0.2) is 0 Å². The molecule has 4 rings (SSSR count). The second-order valence-electron chi connectivity index (χ2n) is 6.64. The van der Waals surface area contributed by atoms with Crippen molar-refractivity contribution in [1.29, 1.82) is 0 Å². The van der Waals surface area contributed by atoms with Gasteiger partial charge < -0.3 is 15.1 Å². The number of furan rings is 1. The van der Waals surface area contributed by atoms with Crippen molar-refractivity contribution in [2.75, 3.05) is 5.32 Å². The summed E-state index contributed by atoms with van der Waals surface area (Å²) in [5.74, 6) is 0.769. The Hall–Kier alpha value is -3.28. The van der Waals surface area contributed by atoms with Crippen LogP contribution >= 0.6 is 0 Å². The lowest BCUT2D eigenvalue weighted by atomic mass is 10.1. The van der Waals surface area contributed by atoms with Gasteiger partial charge in [0.2, 0.25) is 0 Å². The number of carbonyl (C=O) groups excluding carboxylic acids is 1. The topological polar surface area (TPSA) is 72.1 Å². The lowest BCUT2D eigenvalue weighted by Gasteiger charge is -2.14. The molecule has 0 fully saturated rings. The molecule has 6 heteroatoms. The van der Waals surface area contributed by atoms with E-state index in [0.717, 1.165) is 45.4 Å². The van der Waals surface area contributed by atoms with E-state index in [9.17, 15) is 4.79 Å². The molecular formula is C21H22N4O2. The van der Waals surface area contributed by atoms with Crippen molar-refractivity contribution in [2.45, 2.75) is 33.4 Å². The van der Waals surface area contributed by atoms with E-state index in [2.05, 4.69) is 15.7 Å². The molecule has 2 aromatic carbocycles. The van der Waals surface area contributed by atoms with Crippen molar-refractivity contribution in [3.05, 3.63) is 60.0 Å². The van der Waals surface area contributed by atoms with E-state index in [1.165, 1.54) is 0 Å². The Morgan fingerprint density at radius 3 is 2.85 bits per heavy atom. The first-order valence-corrected chi connectivity index (χ1v) is 9.08. The van der Waals surface area contributed by atoms with Crippen molar-refractivity contribution in [3.8, 4) is 0 Å². The van der Waals surface area contributed by atoms with Crippen LogP contribution in [0.3, 0.4) is 0 Å². The number of nitrogens with zero attached hydrogens (tertiary/aromatic N) is 2. The molecule has 27 heavy (non-hydrogen) atoms. The second-order valence-corrected chi connectivity index (χ2v) is 6.64. The summed E-state index contributed by atoms with van der Waals surface area (Å²) in [6, 6.07) is 13.1. The minimum absolute atomic E-state index is 0.248. The molecule has 138 valence electrons. The monoisotopic (exact) mass is 362 g/mol. The van der Waals surface area contributed by atoms with E-state index < -0.39 is 0 Å². The summed E-state index contributed by atoms with van der Waals surface area (Å²) >= 11 is 0. The zero-order chi connectivity index (χ0) is 19.0. The number of fused-ring (bicyclic) bond motifs is 2. The molecule has 0 aliphatic carbocycles. The number of aryl methyl sites for hydroxylation is 2. The molecular weight excluding hydrogens is 340 g/mol. The summed E-state index contributed by atoms with van der Waals surface area (Å²) in [4.78, 5) is 12.5. The predicted octanol–water partition coefficient (Wildman–Crippen LogP) is 4.99. The van der Waals surface area contributed by atoms with Crippen molar-refractivity contribution < 1.29 is 9.21 Å². The Morgan fingerprint density at radius 1 is 1.26 bits per heavy atom. The highest BCUT2D eigenvalue weighted by atomic mass is 16.3. The molecule has 4 aromatic rings. The Bertz CT molecular complexity index is 1130. The molecule has 2 heterocycles. The van der Waals surface area contributed by atoms with Crippen molar-refractivity contribution >= 4 is 33.6 Å². The lowest BCUT2D eigenvalue weighted by molar-refractivity contribution is 0.248. The van der Waals surface area contributed by atoms with Gasteiger partial charge in [0.1, 0.15) is 11.3 Å². The van der Waals surface area contributed by atoms with Crippen LogP contribution in [0.5, 0.6) is 0 Å². The number of rotatable bonds is 4. The quantitative estimate of drug-likeness (QED) is 0.537. The number of anilines is 1. The number of nitrogens with one attached hydrogen (secondary N) is 2. The highest BCUT2D eigenvalue weighted by molar-refractivity contribution is 5.93. The van der Waals surface area contributed by atoms with Crippen LogP contribution in [0.4, 0.5) is 10.5 Å². The first-order chi connectivity index (χ1) is 13.1. The fourth-order valence-corrected chi connectivity index (χ4v) is 3.44. The summed E-state index contributed by atoms with van der Waals surface area (Å²) in [5.41, 5.74) is 3.60. The zero-order valence-corrected chi connectivity index (χ0v) is 15.6. The number of benzene rings is 2. The van der Waals surface area contributed by atoms with Crippen LogP contribution in [0.15, 0.2) is 53.1 Å². The number of urea groups is 1. The summed E-state index contributed by atoms with van der Waals surface area (Å²) in [5, 5.41) is 12.3. The maximum Gasteiger partial charge on any atom is 0.319 e. The molecule has 0 aliphatic heterocycles. The Balaban J connectivity index is 1.50. The van der Waals surface area contributed by atoms with E-state index in [4.69, 9.17) is 4.42 Å². The molecule has 0 bridgehead atoms. The molecule has 0 saturated heterocycles. The van der Waals surface area contributed by atoms with Crippen LogP contribution in [-0.4, -0.2) is 15.8 Å². The molecule has 0 aliphatic rings. The molecule has 0 spiro atoms. The van der Waals surface area contributed by atoms with Gasteiger partial charge >= 0.3 is 6.03 Å². The average Bonchev–Trinajstić information content (AvgIpc) is 3.22. The number of hydrogen-bond acceptors (Lipinski definition) is 3. The van der Waals surface area contributed by atoms with E-state index >= 15 is 0 Å². The molecule has 0 radical (unpaired) electrons. The van der Waals surface area contributed by atoms with Gasteiger partial charge in [0.25, 0.3) is 0 Å². The maximum absolute atomic E-state index is 12.5. The van der Waals surface area contributed by atoms with Crippen molar-refractivity contribution in [1.82, 2.24) is 15.1 Å². The van der Waals surface area contributed by atoms with Gasteiger partial charge in [-0.05, 0) is 45.0 Å². The minimum Gasteiger partial charge on any atom is -0.459 e. The molecule has 6 nitrogen and oxygen atoms in total. The van der Waals surface area contributed by atoms with E-state index in [-0.39, 0.29) is 12.1 Å². The lowest BCUT2D eigenvalue weighted by Crippen LogP contribution is -2.31. The minimum atomic E-state index is -0.274. The molecule has 2 N–H and O–H groups in total. The van der Waals surface area contributed by atoms with Crippen LogP contribution < -0.4 is 10.6 Å². The van der Waals surface area contributed by atoms with Gasteiger partial charge in [0.05, 0.1) is 17.8 Å². The SMILES string of the molecule is CCn1ncc2ccc(NC(=O)N[C@@H](C)c3oc4ccccc4c3C)cc21. The van der Waals surface area contributed by atoms with E-state index in [1.54, 1.807) is 0 Å². The van der Waals surface area contributed by atoms with Gasteiger partial charge in [0, 0.05) is 28.6 Å². The Kier molecular flexibility index (Phi) is 4.32. The largest absolute Gasteiger partial charge is 0.459 e. The van der Waals surface area contributed by atoms with Crippen LogP contribution in [0.2, 0.25) is 0 Å². The van der Waals surface area contributed by atoms with Gasteiger partial charge in [-0.15, -0.1) is 0 Å². The van der Waals surface area contributed by atoms with E-state index in [0.29, 0.717) is 0 Å². The fourth-order valence-electron chi connectivity index (χ4n) is 3.44. The summed E-state index contributed by atoms with van der Waals surface area (Å²) in [6.45, 7) is 6.74. The summed E-state index contributed by atoms with van der Waals surface area (Å²) in [6.07, 6.45) is 1.83. The third-order valence-electron chi connectivity index (χ3n) is 4.82. The molecule has 0 unspecified atom stereocenters. The molecule has 2 amide bonds. The number of carbonyl (C=O) groups is 1. The van der Waals surface area contributed by atoms with Crippen LogP contribution in [-0.2, 0) is 6.54 Å². The first-order valence-electron chi connectivity index (χ1n) is 9.08. The fraction of sp³-hybridized carbons (Fsp3) is 0.238. The zero-order valence-electron chi connectivity index (χ0n) is 15.6. The number of para-hydroxylation sites is 1. The highest BCUT2D eigenvalue weighted by Gasteiger charge is 2.18. The normalized spacial score (nSPS) is 12.4. The Labute approximate surface area is 157 Å². The number of hydrogen-bond donors (Lipinski definition) is 2. The number of aromatic nitrogens is 2. The smallest absolute Gasteiger partial charge is 0.319 e. The summed E-state index contributed by atoms with van der Waals surface area (Å²) < 4.78 is 7.84. The molecule has 1 atom stereocenters. The van der Waals surface area contributed by atoms with Crippen LogP contribution in [0.25, 0.3) is 21.9 Å². The van der Waals surface area contributed by atoms with Gasteiger partial charge in [-0.3, -0.25) is 4.68 Å². The maximum atomic E-state index is 12.5. The first kappa shape index (κ1) is 17.1. The molecule has 2 aromatic heterocycles. The predicted molar refractivity (Wildman–Crippen MR) is 107 cm³/mol. The average molecular weight is 362 g/mol. The van der Waals surface area contributed by atoms with Gasteiger partial charge in [-0.2, -0.15) is 5.10 Å². The van der Waals surface area contributed by atoms with Crippen LogP contribution in [0.1, 0.15) is 31.2 Å². The Morgan fingerprint density at radius 2 is 2.07 bits per heavy atom. The number of amides is 2. The summed E-state index contributed by atoms with van der Waals surface area (Å²) in [7, 11) is 0. The third-order valence-corrected chi connectivity index (χ3v) is 4.82. The molecule has 0 saturated carbocycles. The standard InChI is InChI=1S/C21H22N4O2/c1-4-25-18-11-16(10-9-15(18)12-22-25)24-21(26)23-14(3)20-13(2)17-7-5-6-8-19(17)27-20/h5-12,14H,4H2,1-3H3,(H2,23,24,26)/t14-/m0/s1. The third kappa shape index (κ3) is 3.14. The van der Waals surface area contributed by atoms with Gasteiger partial charge in [-0.25, -0.2) is 4.79 Å². The van der Waals surface area contributed by atoms with Crippen LogP contribution in [0, 0.1) is 6.92 Å². The van der Waals surface area contributed by atoms with E-state index in [1.807, 2.05) is 74.1 Å². The second kappa shape index (κ2) is 6.79.